The van der Waals surface area contributed by atoms with Crippen molar-refractivity contribution in [3.63, 3.8) is 0 Å². The molecule has 0 spiro atoms. The van der Waals surface area contributed by atoms with E-state index in [0.29, 0.717) is 12.1 Å². The number of carbonyl (C=O) groups excluding carboxylic acids is 1. The fourth-order valence-corrected chi connectivity index (χ4v) is 2.67. The van der Waals surface area contributed by atoms with Gasteiger partial charge in [0.2, 0.25) is 5.91 Å². The number of carbonyl (C=O) groups is 1. The van der Waals surface area contributed by atoms with Crippen LogP contribution in [-0.4, -0.2) is 41.4 Å². The minimum absolute atomic E-state index is 0.180. The van der Waals surface area contributed by atoms with Crippen LogP contribution in [0.25, 0.3) is 0 Å². The zero-order valence-corrected chi connectivity index (χ0v) is 11.5. The number of nitrogens with zero attached hydrogens (tertiary/aromatic N) is 2. The van der Waals surface area contributed by atoms with Crippen molar-refractivity contribution in [3.05, 3.63) is 35.9 Å². The van der Waals surface area contributed by atoms with Crippen LogP contribution in [0.1, 0.15) is 32.4 Å². The van der Waals surface area contributed by atoms with Gasteiger partial charge in [-0.05, 0) is 19.4 Å². The second-order valence-corrected chi connectivity index (χ2v) is 5.22. The van der Waals surface area contributed by atoms with Crippen LogP contribution in [0.15, 0.2) is 30.3 Å². The lowest BCUT2D eigenvalue weighted by molar-refractivity contribution is -0.132. The Hall–Kier alpha value is -1.35. The van der Waals surface area contributed by atoms with Gasteiger partial charge in [0, 0.05) is 32.6 Å². The lowest BCUT2D eigenvalue weighted by Gasteiger charge is -2.43. The quantitative estimate of drug-likeness (QED) is 0.799. The monoisotopic (exact) mass is 246 g/mol. The first-order valence-electron chi connectivity index (χ1n) is 6.66. The molecule has 1 fully saturated rings. The summed E-state index contributed by atoms with van der Waals surface area (Å²) in [6, 6.07) is 11.3. The molecule has 18 heavy (non-hydrogen) atoms. The minimum atomic E-state index is 0.180. The summed E-state index contributed by atoms with van der Waals surface area (Å²) in [5.41, 5.74) is 1.30. The number of hydrogen-bond donors (Lipinski definition) is 0. The van der Waals surface area contributed by atoms with Crippen molar-refractivity contribution in [1.29, 1.82) is 0 Å². The van der Waals surface area contributed by atoms with Crippen LogP contribution in [0.2, 0.25) is 0 Å². The molecule has 1 atom stereocenters. The molecule has 1 aromatic rings. The molecule has 3 heteroatoms. The van der Waals surface area contributed by atoms with Crippen LogP contribution < -0.4 is 0 Å². The van der Waals surface area contributed by atoms with E-state index in [0.717, 1.165) is 19.6 Å². The fraction of sp³-hybridized carbons (Fsp3) is 0.533. The third kappa shape index (κ3) is 2.72. The third-order valence-electron chi connectivity index (χ3n) is 3.71. The highest BCUT2D eigenvalue weighted by Crippen LogP contribution is 2.27. The van der Waals surface area contributed by atoms with Crippen molar-refractivity contribution in [3.8, 4) is 0 Å². The maximum atomic E-state index is 11.6. The van der Waals surface area contributed by atoms with Gasteiger partial charge in [-0.25, -0.2) is 0 Å². The van der Waals surface area contributed by atoms with E-state index < -0.39 is 0 Å². The smallest absolute Gasteiger partial charge is 0.219 e. The molecule has 0 aromatic heterocycles. The highest BCUT2D eigenvalue weighted by Gasteiger charge is 2.30. The average Bonchev–Trinajstić information content (AvgIpc) is 2.39. The van der Waals surface area contributed by atoms with Gasteiger partial charge < -0.3 is 4.90 Å². The predicted octanol–water partition coefficient (Wildman–Crippen LogP) is 2.30. The lowest BCUT2D eigenvalue weighted by atomic mass is 10.0. The average molecular weight is 246 g/mol. The zero-order valence-electron chi connectivity index (χ0n) is 11.5. The topological polar surface area (TPSA) is 23.6 Å². The van der Waals surface area contributed by atoms with Crippen molar-refractivity contribution in [1.82, 2.24) is 9.80 Å². The number of benzene rings is 1. The Bertz CT molecular complexity index is 402. The Morgan fingerprint density at radius 1 is 1.22 bits per heavy atom. The number of hydrogen-bond acceptors (Lipinski definition) is 2. The Morgan fingerprint density at radius 2 is 1.89 bits per heavy atom. The lowest BCUT2D eigenvalue weighted by Crippen LogP contribution is -2.51. The van der Waals surface area contributed by atoms with E-state index in [4.69, 9.17) is 0 Å². The van der Waals surface area contributed by atoms with Crippen LogP contribution in [0, 0.1) is 0 Å². The van der Waals surface area contributed by atoms with E-state index in [1.54, 1.807) is 6.92 Å². The minimum Gasteiger partial charge on any atom is -0.340 e. The van der Waals surface area contributed by atoms with Gasteiger partial charge in [0.1, 0.15) is 0 Å². The van der Waals surface area contributed by atoms with Crippen molar-refractivity contribution < 1.29 is 4.79 Å². The second kappa shape index (κ2) is 5.53. The molecule has 3 nitrogen and oxygen atoms in total. The van der Waals surface area contributed by atoms with Crippen LogP contribution in [0.3, 0.4) is 0 Å². The molecule has 0 saturated carbocycles. The maximum Gasteiger partial charge on any atom is 0.219 e. The van der Waals surface area contributed by atoms with Gasteiger partial charge in [-0.1, -0.05) is 30.3 Å². The second-order valence-electron chi connectivity index (χ2n) is 5.22. The Balaban J connectivity index is 2.23. The molecule has 1 aliphatic rings. The SMILES string of the molecule is CC(=O)N1CCN(C(C)C)C(c2ccccc2)C1. The fourth-order valence-electron chi connectivity index (χ4n) is 2.67. The summed E-state index contributed by atoms with van der Waals surface area (Å²) in [7, 11) is 0. The van der Waals surface area contributed by atoms with E-state index in [-0.39, 0.29) is 5.91 Å². The standard InChI is InChI=1S/C15H22N2O/c1-12(2)17-10-9-16(13(3)18)11-15(17)14-7-5-4-6-8-14/h4-8,12,15H,9-11H2,1-3H3. The first-order chi connectivity index (χ1) is 8.59. The molecule has 1 unspecified atom stereocenters. The molecule has 1 aromatic carbocycles. The molecule has 98 valence electrons. The zero-order chi connectivity index (χ0) is 13.1. The van der Waals surface area contributed by atoms with Gasteiger partial charge in [-0.3, -0.25) is 9.69 Å². The molecule has 0 bridgehead atoms. The molecule has 1 saturated heterocycles. The van der Waals surface area contributed by atoms with Gasteiger partial charge in [0.15, 0.2) is 0 Å². The molecular weight excluding hydrogens is 224 g/mol. The Labute approximate surface area is 109 Å². The third-order valence-corrected chi connectivity index (χ3v) is 3.71. The van der Waals surface area contributed by atoms with Crippen LogP contribution in [0.4, 0.5) is 0 Å². The largest absolute Gasteiger partial charge is 0.340 e. The molecular formula is C15H22N2O. The molecule has 1 heterocycles. The number of amides is 1. The van der Waals surface area contributed by atoms with Crippen LogP contribution >= 0.6 is 0 Å². The van der Waals surface area contributed by atoms with E-state index in [1.165, 1.54) is 5.56 Å². The van der Waals surface area contributed by atoms with Crippen LogP contribution in [-0.2, 0) is 4.79 Å². The summed E-state index contributed by atoms with van der Waals surface area (Å²) < 4.78 is 0. The van der Waals surface area contributed by atoms with Crippen molar-refractivity contribution >= 4 is 5.91 Å². The maximum absolute atomic E-state index is 11.6. The summed E-state index contributed by atoms with van der Waals surface area (Å²) in [6.07, 6.45) is 0. The molecule has 0 radical (unpaired) electrons. The summed E-state index contributed by atoms with van der Waals surface area (Å²) in [5, 5.41) is 0. The van der Waals surface area contributed by atoms with Crippen molar-refractivity contribution in [2.75, 3.05) is 19.6 Å². The van der Waals surface area contributed by atoms with Crippen molar-refractivity contribution in [2.24, 2.45) is 0 Å². The number of rotatable bonds is 2. The number of piperazine rings is 1. The highest BCUT2D eigenvalue weighted by molar-refractivity contribution is 5.73. The van der Waals surface area contributed by atoms with E-state index in [9.17, 15) is 4.79 Å². The Kier molecular flexibility index (Phi) is 4.02. The van der Waals surface area contributed by atoms with Gasteiger partial charge in [0.25, 0.3) is 0 Å². The first kappa shape index (κ1) is 13.1. The van der Waals surface area contributed by atoms with E-state index in [1.807, 2.05) is 11.0 Å². The normalized spacial score (nSPS) is 21.3. The van der Waals surface area contributed by atoms with Gasteiger partial charge in [-0.15, -0.1) is 0 Å². The molecule has 0 N–H and O–H groups in total. The van der Waals surface area contributed by atoms with Crippen molar-refractivity contribution in [2.45, 2.75) is 32.9 Å². The van der Waals surface area contributed by atoms with Crippen LogP contribution in [0.5, 0.6) is 0 Å². The Morgan fingerprint density at radius 3 is 2.44 bits per heavy atom. The molecule has 0 aliphatic carbocycles. The highest BCUT2D eigenvalue weighted by atomic mass is 16.2. The summed E-state index contributed by atoms with van der Waals surface area (Å²) in [4.78, 5) is 16.0. The molecule has 1 aliphatic heterocycles. The van der Waals surface area contributed by atoms with E-state index >= 15 is 0 Å². The molecule has 1 amide bonds. The predicted molar refractivity (Wildman–Crippen MR) is 73.3 cm³/mol. The van der Waals surface area contributed by atoms with Gasteiger partial charge in [0.05, 0.1) is 6.04 Å². The first-order valence-corrected chi connectivity index (χ1v) is 6.66. The van der Waals surface area contributed by atoms with Gasteiger partial charge in [-0.2, -0.15) is 0 Å². The molecule has 2 rings (SSSR count). The van der Waals surface area contributed by atoms with Gasteiger partial charge >= 0.3 is 0 Å². The summed E-state index contributed by atoms with van der Waals surface area (Å²) in [5.74, 6) is 0.180. The summed E-state index contributed by atoms with van der Waals surface area (Å²) in [6.45, 7) is 8.71. The van der Waals surface area contributed by atoms with E-state index in [2.05, 4.69) is 43.0 Å². The summed E-state index contributed by atoms with van der Waals surface area (Å²) >= 11 is 0.